The van der Waals surface area contributed by atoms with Gasteiger partial charge in [-0.25, -0.2) is 4.79 Å². The number of fused-ring (bicyclic) bond motifs is 1. The second-order valence-electron chi connectivity index (χ2n) is 4.75. The molecular weight excluding hydrogens is 256 g/mol. The van der Waals surface area contributed by atoms with Gasteiger partial charge < -0.3 is 20.9 Å². The molecule has 4 N–H and O–H groups in total. The standard InChI is InChI=1S/C15H20N2O3/c16-8-4-3-6-13(17)15(18)20-12-9-11-5-1-2-7-14(11)19-10-12/h1-2,5,7,9,13H,3-4,6,8,10,16-17H2/t13-/m0/s1. The third-order valence-corrected chi connectivity index (χ3v) is 3.11. The van der Waals surface area contributed by atoms with Crippen molar-refractivity contribution in [2.75, 3.05) is 13.2 Å². The summed E-state index contributed by atoms with van der Waals surface area (Å²) in [6, 6.07) is 6.98. The number of ether oxygens (including phenoxy) is 2. The van der Waals surface area contributed by atoms with Crippen LogP contribution >= 0.6 is 0 Å². The normalized spacial score (nSPS) is 14.8. The first-order chi connectivity index (χ1) is 9.70. The van der Waals surface area contributed by atoms with Crippen molar-refractivity contribution in [1.29, 1.82) is 0 Å². The highest BCUT2D eigenvalue weighted by atomic mass is 16.6. The second kappa shape index (κ2) is 7.07. The molecule has 5 heteroatoms. The summed E-state index contributed by atoms with van der Waals surface area (Å²) in [5.74, 6) is 0.860. The molecule has 1 aromatic rings. The quantitative estimate of drug-likeness (QED) is 0.606. The molecule has 0 bridgehead atoms. The van der Waals surface area contributed by atoms with E-state index in [2.05, 4.69) is 0 Å². The van der Waals surface area contributed by atoms with Gasteiger partial charge in [-0.3, -0.25) is 0 Å². The van der Waals surface area contributed by atoms with Gasteiger partial charge in [0.15, 0.2) is 0 Å². The summed E-state index contributed by atoms with van der Waals surface area (Å²) in [6.07, 6.45) is 4.08. The van der Waals surface area contributed by atoms with E-state index >= 15 is 0 Å². The molecule has 5 nitrogen and oxygen atoms in total. The molecule has 0 saturated carbocycles. The van der Waals surface area contributed by atoms with Crippen LogP contribution in [0.2, 0.25) is 0 Å². The molecule has 1 aliphatic rings. The predicted octanol–water partition coefficient (Wildman–Crippen LogP) is 1.42. The molecule has 1 heterocycles. The highest BCUT2D eigenvalue weighted by Gasteiger charge is 2.19. The zero-order chi connectivity index (χ0) is 14.4. The fourth-order valence-electron chi connectivity index (χ4n) is 1.99. The first-order valence-corrected chi connectivity index (χ1v) is 6.80. The molecular formula is C15H20N2O3. The molecule has 2 rings (SSSR count). The fraction of sp³-hybridized carbons (Fsp3) is 0.400. The number of carbonyl (C=O) groups is 1. The molecule has 1 atom stereocenters. The summed E-state index contributed by atoms with van der Waals surface area (Å²) in [5, 5.41) is 0. The Bertz CT molecular complexity index is 500. The predicted molar refractivity (Wildman–Crippen MR) is 76.9 cm³/mol. The van der Waals surface area contributed by atoms with Crippen LogP contribution in [-0.4, -0.2) is 25.2 Å². The second-order valence-corrected chi connectivity index (χ2v) is 4.75. The van der Waals surface area contributed by atoms with Gasteiger partial charge in [-0.2, -0.15) is 0 Å². The fourth-order valence-corrected chi connectivity index (χ4v) is 1.99. The number of carbonyl (C=O) groups excluding carboxylic acids is 1. The Balaban J connectivity index is 1.91. The van der Waals surface area contributed by atoms with Crippen molar-refractivity contribution in [3.63, 3.8) is 0 Å². The van der Waals surface area contributed by atoms with Gasteiger partial charge >= 0.3 is 5.97 Å². The minimum Gasteiger partial charge on any atom is -0.485 e. The lowest BCUT2D eigenvalue weighted by atomic mass is 10.1. The summed E-state index contributed by atoms with van der Waals surface area (Å²) in [4.78, 5) is 11.8. The molecule has 0 aliphatic carbocycles. The lowest BCUT2D eigenvalue weighted by molar-refractivity contribution is -0.141. The third-order valence-electron chi connectivity index (χ3n) is 3.11. The Morgan fingerprint density at radius 1 is 1.35 bits per heavy atom. The molecule has 1 aliphatic heterocycles. The molecule has 108 valence electrons. The van der Waals surface area contributed by atoms with Gasteiger partial charge in [-0.05, 0) is 31.5 Å². The molecule has 0 fully saturated rings. The van der Waals surface area contributed by atoms with E-state index in [4.69, 9.17) is 20.9 Å². The van der Waals surface area contributed by atoms with E-state index in [0.717, 1.165) is 24.2 Å². The van der Waals surface area contributed by atoms with Gasteiger partial charge in [0.2, 0.25) is 0 Å². The Morgan fingerprint density at radius 3 is 2.95 bits per heavy atom. The van der Waals surface area contributed by atoms with Gasteiger partial charge in [0, 0.05) is 5.56 Å². The molecule has 0 radical (unpaired) electrons. The molecule has 0 saturated heterocycles. The van der Waals surface area contributed by atoms with Crippen LogP contribution in [0.1, 0.15) is 24.8 Å². The van der Waals surface area contributed by atoms with Gasteiger partial charge in [0.1, 0.15) is 24.2 Å². The summed E-state index contributed by atoms with van der Waals surface area (Å²) in [6.45, 7) is 0.857. The van der Waals surface area contributed by atoms with E-state index in [-0.39, 0.29) is 6.61 Å². The van der Waals surface area contributed by atoms with Crippen molar-refractivity contribution in [1.82, 2.24) is 0 Å². The van der Waals surface area contributed by atoms with E-state index in [1.165, 1.54) is 0 Å². The smallest absolute Gasteiger partial charge is 0.328 e. The van der Waals surface area contributed by atoms with E-state index in [1.54, 1.807) is 0 Å². The van der Waals surface area contributed by atoms with E-state index in [1.807, 2.05) is 30.3 Å². The SMILES string of the molecule is NCCCC[C@H](N)C(=O)OC1=Cc2ccccc2OC1. The van der Waals surface area contributed by atoms with Gasteiger partial charge in [0.25, 0.3) is 0 Å². The van der Waals surface area contributed by atoms with Crippen LogP contribution in [0.3, 0.4) is 0 Å². The number of hydrogen-bond donors (Lipinski definition) is 2. The van der Waals surface area contributed by atoms with Crippen molar-refractivity contribution < 1.29 is 14.3 Å². The maximum Gasteiger partial charge on any atom is 0.328 e. The van der Waals surface area contributed by atoms with Gasteiger partial charge in [0.05, 0.1) is 0 Å². The summed E-state index contributed by atoms with van der Waals surface area (Å²) in [7, 11) is 0. The Hall–Kier alpha value is -1.85. The minimum absolute atomic E-state index is 0.248. The van der Waals surface area contributed by atoms with Gasteiger partial charge in [-0.15, -0.1) is 0 Å². The monoisotopic (exact) mass is 276 g/mol. The van der Waals surface area contributed by atoms with Crippen molar-refractivity contribution in [2.24, 2.45) is 11.5 Å². The summed E-state index contributed by atoms with van der Waals surface area (Å²) < 4.78 is 10.8. The maximum absolute atomic E-state index is 11.8. The van der Waals surface area contributed by atoms with Crippen LogP contribution in [0.4, 0.5) is 0 Å². The Labute approximate surface area is 118 Å². The van der Waals surface area contributed by atoms with Crippen molar-refractivity contribution >= 4 is 12.0 Å². The van der Waals surface area contributed by atoms with E-state index in [9.17, 15) is 4.79 Å². The van der Waals surface area contributed by atoms with Crippen molar-refractivity contribution in [2.45, 2.75) is 25.3 Å². The highest BCUT2D eigenvalue weighted by Crippen LogP contribution is 2.26. The van der Waals surface area contributed by atoms with Crippen LogP contribution in [0, 0.1) is 0 Å². The molecule has 20 heavy (non-hydrogen) atoms. The minimum atomic E-state index is -0.611. The average Bonchev–Trinajstić information content (AvgIpc) is 2.47. The Kier molecular flexibility index (Phi) is 5.15. The lowest BCUT2D eigenvalue weighted by Crippen LogP contribution is -2.33. The zero-order valence-electron chi connectivity index (χ0n) is 11.4. The Morgan fingerprint density at radius 2 is 2.15 bits per heavy atom. The van der Waals surface area contributed by atoms with Crippen LogP contribution in [0.5, 0.6) is 5.75 Å². The molecule has 0 unspecified atom stereocenters. The number of nitrogens with two attached hydrogens (primary N) is 2. The number of benzene rings is 1. The zero-order valence-corrected chi connectivity index (χ0v) is 11.4. The van der Waals surface area contributed by atoms with E-state index in [0.29, 0.717) is 18.7 Å². The lowest BCUT2D eigenvalue weighted by Gasteiger charge is -2.18. The van der Waals surface area contributed by atoms with Gasteiger partial charge in [-0.1, -0.05) is 24.6 Å². The topological polar surface area (TPSA) is 87.6 Å². The summed E-state index contributed by atoms with van der Waals surface area (Å²) >= 11 is 0. The van der Waals surface area contributed by atoms with Crippen LogP contribution in [0.15, 0.2) is 30.0 Å². The molecule has 0 spiro atoms. The van der Waals surface area contributed by atoms with Crippen molar-refractivity contribution in [3.05, 3.63) is 35.6 Å². The number of esters is 1. The molecule has 0 aromatic heterocycles. The summed E-state index contributed by atoms with van der Waals surface area (Å²) in [5.41, 5.74) is 12.1. The van der Waals surface area contributed by atoms with Crippen molar-refractivity contribution in [3.8, 4) is 5.75 Å². The number of para-hydroxylation sites is 1. The highest BCUT2D eigenvalue weighted by molar-refractivity contribution is 5.77. The number of unbranched alkanes of at least 4 members (excludes halogenated alkanes) is 1. The van der Waals surface area contributed by atoms with Crippen LogP contribution in [-0.2, 0) is 9.53 Å². The third kappa shape index (κ3) is 3.82. The average molecular weight is 276 g/mol. The van der Waals surface area contributed by atoms with E-state index < -0.39 is 12.0 Å². The largest absolute Gasteiger partial charge is 0.485 e. The number of rotatable bonds is 6. The molecule has 0 amide bonds. The molecule has 1 aromatic carbocycles. The first kappa shape index (κ1) is 14.6. The van der Waals surface area contributed by atoms with Crippen LogP contribution in [0.25, 0.3) is 6.08 Å². The maximum atomic E-state index is 11.8. The van der Waals surface area contributed by atoms with Crippen LogP contribution < -0.4 is 16.2 Å². The first-order valence-electron chi connectivity index (χ1n) is 6.80. The number of hydrogen-bond acceptors (Lipinski definition) is 5.